The van der Waals surface area contributed by atoms with E-state index in [0.717, 1.165) is 25.9 Å². The predicted octanol–water partition coefficient (Wildman–Crippen LogP) is 2.61. The minimum Gasteiger partial charge on any atom is -0.356 e. The van der Waals surface area contributed by atoms with Crippen LogP contribution in [0.25, 0.3) is 0 Å². The first kappa shape index (κ1) is 14.5. The third-order valence-corrected chi connectivity index (χ3v) is 3.48. The van der Waals surface area contributed by atoms with Gasteiger partial charge in [0.05, 0.1) is 0 Å². The number of carbonyl (C=O) groups is 1. The van der Waals surface area contributed by atoms with Crippen LogP contribution in [0.5, 0.6) is 0 Å². The maximum atomic E-state index is 11.5. The number of nitrogens with one attached hydrogen (secondary N) is 2. The van der Waals surface area contributed by atoms with Crippen LogP contribution >= 0.6 is 0 Å². The first-order valence-corrected chi connectivity index (χ1v) is 7.33. The Bertz CT molecular complexity index is 200. The minimum absolute atomic E-state index is 0.236. The summed E-state index contributed by atoms with van der Waals surface area (Å²) in [6.45, 7) is 4.20. The van der Waals surface area contributed by atoms with Gasteiger partial charge in [-0.2, -0.15) is 0 Å². The van der Waals surface area contributed by atoms with Crippen LogP contribution in [0.2, 0.25) is 0 Å². The molecular formula is C14H28N2O. The zero-order chi connectivity index (χ0) is 12.3. The quantitative estimate of drug-likeness (QED) is 0.608. The molecule has 1 rings (SSSR count). The number of hydrogen-bond donors (Lipinski definition) is 2. The molecule has 1 saturated heterocycles. The molecule has 2 N–H and O–H groups in total. The second-order valence-corrected chi connectivity index (χ2v) is 5.10. The number of carbonyl (C=O) groups excluding carboxylic acids is 1. The van der Waals surface area contributed by atoms with E-state index in [9.17, 15) is 4.79 Å². The normalized spacial score (nSPS) is 19.5. The molecule has 1 heterocycles. The van der Waals surface area contributed by atoms with Crippen LogP contribution in [0, 0.1) is 0 Å². The van der Waals surface area contributed by atoms with Gasteiger partial charge in [0.1, 0.15) is 0 Å². The Morgan fingerprint density at radius 1 is 1.29 bits per heavy atom. The number of amides is 1. The third-order valence-electron chi connectivity index (χ3n) is 3.48. The average molecular weight is 240 g/mol. The maximum absolute atomic E-state index is 11.5. The Hall–Kier alpha value is -0.570. The topological polar surface area (TPSA) is 41.1 Å². The molecule has 0 saturated carbocycles. The summed E-state index contributed by atoms with van der Waals surface area (Å²) in [5, 5.41) is 6.47. The molecule has 0 aliphatic carbocycles. The van der Waals surface area contributed by atoms with E-state index < -0.39 is 0 Å². The molecule has 17 heavy (non-hydrogen) atoms. The van der Waals surface area contributed by atoms with Crippen molar-refractivity contribution in [1.29, 1.82) is 0 Å². The summed E-state index contributed by atoms with van der Waals surface area (Å²) < 4.78 is 0. The van der Waals surface area contributed by atoms with E-state index in [0.29, 0.717) is 12.5 Å². The van der Waals surface area contributed by atoms with E-state index >= 15 is 0 Å². The highest BCUT2D eigenvalue weighted by molar-refractivity contribution is 5.75. The van der Waals surface area contributed by atoms with Gasteiger partial charge in [0.15, 0.2) is 0 Å². The van der Waals surface area contributed by atoms with Crippen molar-refractivity contribution in [3.8, 4) is 0 Å². The highest BCUT2D eigenvalue weighted by Crippen LogP contribution is 2.08. The molecule has 0 radical (unpaired) electrons. The molecule has 1 fully saturated rings. The largest absolute Gasteiger partial charge is 0.356 e. The predicted molar refractivity (Wildman–Crippen MR) is 72.0 cm³/mol. The summed E-state index contributed by atoms with van der Waals surface area (Å²) in [5.41, 5.74) is 0. The molecule has 1 atom stereocenters. The van der Waals surface area contributed by atoms with E-state index in [2.05, 4.69) is 17.6 Å². The van der Waals surface area contributed by atoms with Gasteiger partial charge in [-0.3, -0.25) is 4.79 Å². The van der Waals surface area contributed by atoms with Crippen LogP contribution in [-0.2, 0) is 4.79 Å². The Kier molecular flexibility index (Phi) is 8.06. The van der Waals surface area contributed by atoms with Crippen molar-refractivity contribution in [1.82, 2.24) is 10.6 Å². The number of unbranched alkanes of at least 4 members (excludes halogenated alkanes) is 4. The lowest BCUT2D eigenvalue weighted by Gasteiger charge is -2.10. The zero-order valence-corrected chi connectivity index (χ0v) is 11.3. The van der Waals surface area contributed by atoms with E-state index in [1.54, 1.807) is 0 Å². The van der Waals surface area contributed by atoms with Crippen molar-refractivity contribution in [2.75, 3.05) is 13.1 Å². The summed E-state index contributed by atoms with van der Waals surface area (Å²) in [5.74, 6) is 0.236. The van der Waals surface area contributed by atoms with Gasteiger partial charge in [-0.1, -0.05) is 32.6 Å². The fourth-order valence-electron chi connectivity index (χ4n) is 2.37. The molecule has 1 aliphatic rings. The Morgan fingerprint density at radius 2 is 2.12 bits per heavy atom. The summed E-state index contributed by atoms with van der Waals surface area (Å²) in [6, 6.07) is 0.639. The maximum Gasteiger partial charge on any atom is 0.219 e. The van der Waals surface area contributed by atoms with Gasteiger partial charge in [-0.15, -0.1) is 0 Å². The van der Waals surface area contributed by atoms with Gasteiger partial charge >= 0.3 is 0 Å². The fourth-order valence-corrected chi connectivity index (χ4v) is 2.37. The molecule has 0 aromatic heterocycles. The first-order valence-electron chi connectivity index (χ1n) is 7.33. The molecule has 3 heteroatoms. The zero-order valence-electron chi connectivity index (χ0n) is 11.3. The van der Waals surface area contributed by atoms with Gasteiger partial charge < -0.3 is 10.6 Å². The van der Waals surface area contributed by atoms with Gasteiger partial charge in [-0.05, 0) is 32.2 Å². The SMILES string of the molecule is CCCCCCCC(=O)NCC[C@H]1CCCN1. The summed E-state index contributed by atoms with van der Waals surface area (Å²) in [6.07, 6.45) is 10.4. The summed E-state index contributed by atoms with van der Waals surface area (Å²) in [7, 11) is 0. The smallest absolute Gasteiger partial charge is 0.219 e. The van der Waals surface area contributed by atoms with Gasteiger partial charge in [-0.25, -0.2) is 0 Å². The molecule has 0 unspecified atom stereocenters. The van der Waals surface area contributed by atoms with Crippen LogP contribution in [0.4, 0.5) is 0 Å². The van der Waals surface area contributed by atoms with Crippen molar-refractivity contribution < 1.29 is 4.79 Å². The minimum atomic E-state index is 0.236. The molecule has 0 bridgehead atoms. The second kappa shape index (κ2) is 9.46. The number of hydrogen-bond acceptors (Lipinski definition) is 2. The van der Waals surface area contributed by atoms with Gasteiger partial charge in [0.25, 0.3) is 0 Å². The second-order valence-electron chi connectivity index (χ2n) is 5.10. The average Bonchev–Trinajstić information content (AvgIpc) is 2.82. The molecular weight excluding hydrogens is 212 g/mol. The van der Waals surface area contributed by atoms with Crippen molar-refractivity contribution in [3.63, 3.8) is 0 Å². The molecule has 1 aliphatic heterocycles. The van der Waals surface area contributed by atoms with Crippen LogP contribution in [0.15, 0.2) is 0 Å². The Balaban J connectivity index is 1.86. The monoisotopic (exact) mass is 240 g/mol. The summed E-state index contributed by atoms with van der Waals surface area (Å²) in [4.78, 5) is 11.5. The molecule has 0 spiro atoms. The molecule has 0 aromatic carbocycles. The van der Waals surface area contributed by atoms with Gasteiger partial charge in [0, 0.05) is 19.0 Å². The van der Waals surface area contributed by atoms with E-state index in [4.69, 9.17) is 0 Å². The number of rotatable bonds is 9. The Morgan fingerprint density at radius 3 is 2.82 bits per heavy atom. The highest BCUT2D eigenvalue weighted by atomic mass is 16.1. The Labute approximate surface area is 106 Å². The standard InChI is InChI=1S/C14H28N2O/c1-2-3-4-5-6-9-14(17)16-12-10-13-8-7-11-15-13/h13,15H,2-12H2,1H3,(H,16,17)/t13-/m1/s1. The van der Waals surface area contributed by atoms with E-state index in [1.165, 1.54) is 38.5 Å². The summed E-state index contributed by atoms with van der Waals surface area (Å²) >= 11 is 0. The van der Waals surface area contributed by atoms with Crippen LogP contribution < -0.4 is 10.6 Å². The molecule has 0 aromatic rings. The first-order chi connectivity index (χ1) is 8.33. The van der Waals surface area contributed by atoms with Crippen LogP contribution in [0.3, 0.4) is 0 Å². The van der Waals surface area contributed by atoms with Crippen molar-refractivity contribution in [2.24, 2.45) is 0 Å². The van der Waals surface area contributed by atoms with Gasteiger partial charge in [0.2, 0.25) is 5.91 Å². The lowest BCUT2D eigenvalue weighted by atomic mass is 10.1. The molecule has 3 nitrogen and oxygen atoms in total. The molecule has 100 valence electrons. The molecule has 1 amide bonds. The van der Waals surface area contributed by atoms with Crippen LogP contribution in [0.1, 0.15) is 64.7 Å². The van der Waals surface area contributed by atoms with E-state index in [-0.39, 0.29) is 5.91 Å². The van der Waals surface area contributed by atoms with Crippen molar-refractivity contribution in [3.05, 3.63) is 0 Å². The lowest BCUT2D eigenvalue weighted by molar-refractivity contribution is -0.121. The van der Waals surface area contributed by atoms with E-state index in [1.807, 2.05) is 0 Å². The van der Waals surface area contributed by atoms with Crippen molar-refractivity contribution in [2.45, 2.75) is 70.8 Å². The van der Waals surface area contributed by atoms with Crippen LogP contribution in [-0.4, -0.2) is 25.0 Å². The highest BCUT2D eigenvalue weighted by Gasteiger charge is 2.13. The van der Waals surface area contributed by atoms with Crippen molar-refractivity contribution >= 4 is 5.91 Å². The lowest BCUT2D eigenvalue weighted by Crippen LogP contribution is -2.30. The fraction of sp³-hybridized carbons (Fsp3) is 0.929. The third kappa shape index (κ3) is 7.37.